The maximum Gasteiger partial charge on any atom is 0.264 e. The van der Waals surface area contributed by atoms with Gasteiger partial charge in [-0.2, -0.15) is 0 Å². The van der Waals surface area contributed by atoms with Crippen LogP contribution >= 0.6 is 23.2 Å². The number of rotatable bonds is 11. The van der Waals surface area contributed by atoms with Crippen molar-refractivity contribution in [1.29, 1.82) is 0 Å². The Morgan fingerprint density at radius 3 is 2.07 bits per heavy atom. The number of halogens is 2. The lowest BCUT2D eigenvalue weighted by molar-refractivity contribution is -0.140. The van der Waals surface area contributed by atoms with Gasteiger partial charge in [0, 0.05) is 22.6 Å². The van der Waals surface area contributed by atoms with Crippen LogP contribution in [0.5, 0.6) is 0 Å². The molecule has 3 aromatic carbocycles. The van der Waals surface area contributed by atoms with Gasteiger partial charge in [0.1, 0.15) is 12.6 Å². The molecule has 2 amide bonds. The SMILES string of the molecule is CC[C@@H](C(=O)NC1CCCCC1)N(Cc1ccccc1)C(=O)CN(c1cc(Cl)cc(Cl)c1)S(=O)(=O)c1ccccc1. The molecule has 1 saturated carbocycles. The molecule has 1 fully saturated rings. The lowest BCUT2D eigenvalue weighted by atomic mass is 9.95. The summed E-state index contributed by atoms with van der Waals surface area (Å²) >= 11 is 12.5. The number of carbonyl (C=O) groups excluding carboxylic acids is 2. The van der Waals surface area contributed by atoms with E-state index in [0.717, 1.165) is 42.0 Å². The summed E-state index contributed by atoms with van der Waals surface area (Å²) in [5.41, 5.74) is 0.979. The van der Waals surface area contributed by atoms with Crippen LogP contribution in [-0.2, 0) is 26.2 Å². The second-order valence-corrected chi connectivity index (χ2v) is 13.0. The second-order valence-electron chi connectivity index (χ2n) is 10.2. The molecule has 0 saturated heterocycles. The van der Waals surface area contributed by atoms with E-state index in [1.54, 1.807) is 18.2 Å². The Hall–Kier alpha value is -3.07. The Balaban J connectivity index is 1.71. The van der Waals surface area contributed by atoms with Crippen LogP contribution in [0.25, 0.3) is 0 Å². The highest BCUT2D eigenvalue weighted by Gasteiger charge is 2.34. The van der Waals surface area contributed by atoms with Gasteiger partial charge in [-0.3, -0.25) is 13.9 Å². The highest BCUT2D eigenvalue weighted by atomic mass is 35.5. The smallest absolute Gasteiger partial charge is 0.264 e. The van der Waals surface area contributed by atoms with Crippen molar-refractivity contribution >= 4 is 50.7 Å². The first kappa shape index (κ1) is 30.9. The number of hydrogen-bond acceptors (Lipinski definition) is 4. The fraction of sp³-hybridized carbons (Fsp3) is 0.355. The number of nitrogens with zero attached hydrogens (tertiary/aromatic N) is 2. The maximum absolute atomic E-state index is 14.2. The van der Waals surface area contributed by atoms with Gasteiger partial charge < -0.3 is 10.2 Å². The summed E-state index contributed by atoms with van der Waals surface area (Å²) in [6.07, 6.45) is 5.46. The normalized spacial score (nSPS) is 14.7. The Bertz CT molecular complexity index is 1410. The molecule has 0 bridgehead atoms. The summed E-state index contributed by atoms with van der Waals surface area (Å²) in [5.74, 6) is -0.748. The third-order valence-corrected chi connectivity index (χ3v) is 9.50. The van der Waals surface area contributed by atoms with Crippen molar-refractivity contribution in [2.45, 2.75) is 69.0 Å². The number of amides is 2. The number of anilines is 1. The van der Waals surface area contributed by atoms with Crippen LogP contribution < -0.4 is 9.62 Å². The fourth-order valence-corrected chi connectivity index (χ4v) is 7.11. The van der Waals surface area contributed by atoms with Gasteiger partial charge in [-0.15, -0.1) is 0 Å². The van der Waals surface area contributed by atoms with Gasteiger partial charge in [-0.05, 0) is 55.2 Å². The molecule has 1 aliphatic rings. The molecule has 4 rings (SSSR count). The summed E-state index contributed by atoms with van der Waals surface area (Å²) in [4.78, 5) is 29.2. The van der Waals surface area contributed by atoms with Crippen molar-refractivity contribution in [1.82, 2.24) is 10.2 Å². The zero-order valence-electron chi connectivity index (χ0n) is 23.0. The van der Waals surface area contributed by atoms with E-state index in [1.807, 2.05) is 37.3 Å². The van der Waals surface area contributed by atoms with E-state index < -0.39 is 28.5 Å². The molecule has 218 valence electrons. The molecular weight excluding hydrogens is 581 g/mol. The quantitative estimate of drug-likeness (QED) is 0.269. The van der Waals surface area contributed by atoms with Crippen molar-refractivity contribution in [3.05, 3.63) is 94.5 Å². The van der Waals surface area contributed by atoms with E-state index in [-0.39, 0.29) is 39.1 Å². The van der Waals surface area contributed by atoms with Crippen molar-refractivity contribution in [2.24, 2.45) is 0 Å². The minimum atomic E-state index is -4.20. The van der Waals surface area contributed by atoms with Crippen molar-refractivity contribution in [2.75, 3.05) is 10.8 Å². The zero-order valence-corrected chi connectivity index (χ0v) is 25.3. The zero-order chi connectivity index (χ0) is 29.4. The summed E-state index contributed by atoms with van der Waals surface area (Å²) in [7, 11) is -4.20. The monoisotopic (exact) mass is 615 g/mol. The van der Waals surface area contributed by atoms with Crippen molar-refractivity contribution in [3.63, 3.8) is 0 Å². The first-order valence-corrected chi connectivity index (χ1v) is 16.1. The first-order valence-electron chi connectivity index (χ1n) is 13.9. The summed E-state index contributed by atoms with van der Waals surface area (Å²) in [5, 5.41) is 3.61. The molecule has 0 spiro atoms. The molecule has 0 aromatic heterocycles. The molecule has 1 N–H and O–H groups in total. The van der Waals surface area contributed by atoms with E-state index in [2.05, 4.69) is 5.32 Å². The van der Waals surface area contributed by atoms with E-state index in [4.69, 9.17) is 23.2 Å². The van der Waals surface area contributed by atoms with Crippen LogP contribution in [0.1, 0.15) is 51.0 Å². The van der Waals surface area contributed by atoms with Gasteiger partial charge in [-0.1, -0.05) is 97.9 Å². The molecule has 0 unspecified atom stereocenters. The lowest BCUT2D eigenvalue weighted by Gasteiger charge is -2.34. The topological polar surface area (TPSA) is 86.8 Å². The van der Waals surface area contributed by atoms with Gasteiger partial charge >= 0.3 is 0 Å². The van der Waals surface area contributed by atoms with Crippen LogP contribution in [0.15, 0.2) is 83.8 Å². The molecule has 41 heavy (non-hydrogen) atoms. The van der Waals surface area contributed by atoms with Crippen LogP contribution in [-0.4, -0.2) is 43.8 Å². The van der Waals surface area contributed by atoms with Gasteiger partial charge in [0.15, 0.2) is 0 Å². The lowest BCUT2D eigenvalue weighted by Crippen LogP contribution is -2.54. The van der Waals surface area contributed by atoms with Gasteiger partial charge in [0.2, 0.25) is 11.8 Å². The van der Waals surface area contributed by atoms with E-state index >= 15 is 0 Å². The summed E-state index contributed by atoms with van der Waals surface area (Å²) in [6, 6.07) is 20.9. The third-order valence-electron chi connectivity index (χ3n) is 7.28. The number of benzene rings is 3. The van der Waals surface area contributed by atoms with Crippen LogP contribution in [0, 0.1) is 0 Å². The van der Waals surface area contributed by atoms with Crippen LogP contribution in [0.4, 0.5) is 5.69 Å². The van der Waals surface area contributed by atoms with E-state index in [1.165, 1.54) is 35.2 Å². The number of nitrogens with one attached hydrogen (secondary N) is 1. The van der Waals surface area contributed by atoms with Gasteiger partial charge in [-0.25, -0.2) is 8.42 Å². The molecule has 1 atom stereocenters. The largest absolute Gasteiger partial charge is 0.352 e. The Morgan fingerprint density at radius 1 is 0.902 bits per heavy atom. The molecular formula is C31H35Cl2N3O4S. The second kappa shape index (κ2) is 14.2. The number of carbonyl (C=O) groups is 2. The van der Waals surface area contributed by atoms with Gasteiger partial charge in [0.25, 0.3) is 10.0 Å². The molecule has 0 radical (unpaired) electrons. The van der Waals surface area contributed by atoms with Crippen molar-refractivity contribution in [3.8, 4) is 0 Å². The summed E-state index contributed by atoms with van der Waals surface area (Å²) < 4.78 is 28.8. The standard InChI is InChI=1S/C31H35Cl2N3O4S/c1-2-29(31(38)34-26-14-8-4-9-15-26)35(21-23-12-6-3-7-13-23)30(37)22-36(27-19-24(32)18-25(33)20-27)41(39,40)28-16-10-5-11-17-28/h3,5-7,10-13,16-20,26,29H,2,4,8-9,14-15,21-22H2,1H3,(H,34,38)/t29-/m0/s1. The van der Waals surface area contributed by atoms with E-state index in [0.29, 0.717) is 6.42 Å². The molecule has 7 nitrogen and oxygen atoms in total. The predicted molar refractivity (Wildman–Crippen MR) is 164 cm³/mol. The van der Waals surface area contributed by atoms with Crippen molar-refractivity contribution < 1.29 is 18.0 Å². The average molecular weight is 617 g/mol. The highest BCUT2D eigenvalue weighted by Crippen LogP contribution is 2.30. The molecule has 10 heteroatoms. The molecule has 3 aromatic rings. The Morgan fingerprint density at radius 2 is 1.49 bits per heavy atom. The molecule has 1 aliphatic carbocycles. The molecule has 0 aliphatic heterocycles. The highest BCUT2D eigenvalue weighted by molar-refractivity contribution is 7.92. The van der Waals surface area contributed by atoms with Crippen LogP contribution in [0.2, 0.25) is 10.0 Å². The van der Waals surface area contributed by atoms with E-state index in [9.17, 15) is 18.0 Å². The third kappa shape index (κ3) is 8.03. The predicted octanol–water partition coefficient (Wildman–Crippen LogP) is 6.45. The minimum Gasteiger partial charge on any atom is -0.352 e. The molecule has 0 heterocycles. The average Bonchev–Trinajstić information content (AvgIpc) is 2.96. The number of hydrogen-bond donors (Lipinski definition) is 1. The first-order chi connectivity index (χ1) is 19.7. The maximum atomic E-state index is 14.2. The fourth-order valence-electron chi connectivity index (χ4n) is 5.18. The van der Waals surface area contributed by atoms with Gasteiger partial charge in [0.05, 0.1) is 10.6 Å². The Labute approximate surface area is 252 Å². The van der Waals surface area contributed by atoms with Crippen LogP contribution in [0.3, 0.4) is 0 Å². The number of sulfonamides is 1. The Kier molecular flexibility index (Phi) is 10.7. The minimum absolute atomic E-state index is 0.0144. The summed E-state index contributed by atoms with van der Waals surface area (Å²) in [6.45, 7) is 1.45.